The lowest BCUT2D eigenvalue weighted by Crippen LogP contribution is -2.29. The van der Waals surface area contributed by atoms with Gasteiger partial charge in [0.2, 0.25) is 0 Å². The highest BCUT2D eigenvalue weighted by Gasteiger charge is 2.27. The number of benzene rings is 2. The maximum absolute atomic E-state index is 12.6. The van der Waals surface area contributed by atoms with Crippen molar-refractivity contribution in [3.8, 4) is 0 Å². The lowest BCUT2D eigenvalue weighted by Gasteiger charge is -2.24. The van der Waals surface area contributed by atoms with Crippen LogP contribution in [0.5, 0.6) is 0 Å². The fourth-order valence-electron chi connectivity index (χ4n) is 3.41. The topological polar surface area (TPSA) is 45.5 Å². The molecule has 4 heteroatoms. The molecule has 1 amide bonds. The molecule has 126 valence electrons. The summed E-state index contributed by atoms with van der Waals surface area (Å²) in [4.78, 5) is 14.9. The molecule has 0 spiro atoms. The number of hydrogen-bond acceptors (Lipinski definition) is 3. The van der Waals surface area contributed by atoms with Crippen LogP contribution in [0, 0.1) is 0 Å². The van der Waals surface area contributed by atoms with Gasteiger partial charge in [0.1, 0.15) is 5.76 Å². The first-order valence-corrected chi connectivity index (χ1v) is 8.49. The highest BCUT2D eigenvalue weighted by atomic mass is 16.3. The van der Waals surface area contributed by atoms with E-state index in [4.69, 9.17) is 4.42 Å². The second kappa shape index (κ2) is 6.48. The Morgan fingerprint density at radius 2 is 1.88 bits per heavy atom. The van der Waals surface area contributed by atoms with Gasteiger partial charge in [0.25, 0.3) is 5.91 Å². The quantitative estimate of drug-likeness (QED) is 0.766. The van der Waals surface area contributed by atoms with Crippen molar-refractivity contribution in [2.45, 2.75) is 25.9 Å². The molecule has 1 aromatic heterocycles. The second-order valence-electron chi connectivity index (χ2n) is 6.39. The van der Waals surface area contributed by atoms with Crippen LogP contribution in [0.25, 0.3) is 0 Å². The Balaban J connectivity index is 1.55. The van der Waals surface area contributed by atoms with E-state index < -0.39 is 0 Å². The van der Waals surface area contributed by atoms with Crippen molar-refractivity contribution in [1.29, 1.82) is 0 Å². The maximum Gasteiger partial charge on any atom is 0.259 e. The van der Waals surface area contributed by atoms with Crippen LogP contribution in [0.1, 0.15) is 28.6 Å². The number of carbonyl (C=O) groups is 1. The van der Waals surface area contributed by atoms with Crippen LogP contribution in [0.3, 0.4) is 0 Å². The summed E-state index contributed by atoms with van der Waals surface area (Å²) in [5.74, 6) is 0.548. The van der Waals surface area contributed by atoms with Crippen LogP contribution in [-0.2, 0) is 13.0 Å². The number of rotatable bonds is 4. The summed E-state index contributed by atoms with van der Waals surface area (Å²) < 4.78 is 5.65. The molecule has 4 rings (SSSR count). The molecule has 4 nitrogen and oxygen atoms in total. The summed E-state index contributed by atoms with van der Waals surface area (Å²) in [6.07, 6.45) is 2.60. The van der Waals surface area contributed by atoms with E-state index in [-0.39, 0.29) is 5.91 Å². The van der Waals surface area contributed by atoms with Gasteiger partial charge < -0.3 is 14.6 Å². The first-order valence-electron chi connectivity index (χ1n) is 8.49. The van der Waals surface area contributed by atoms with E-state index in [9.17, 15) is 4.79 Å². The molecule has 0 bridgehead atoms. The molecule has 0 radical (unpaired) electrons. The van der Waals surface area contributed by atoms with Crippen molar-refractivity contribution < 1.29 is 9.21 Å². The van der Waals surface area contributed by atoms with Gasteiger partial charge in [-0.25, -0.2) is 0 Å². The average Bonchev–Trinajstić information content (AvgIpc) is 3.21. The molecule has 0 saturated carbocycles. The molecule has 3 aromatic rings. The van der Waals surface area contributed by atoms with E-state index in [0.29, 0.717) is 23.9 Å². The van der Waals surface area contributed by atoms with E-state index in [1.54, 1.807) is 12.3 Å². The summed E-state index contributed by atoms with van der Waals surface area (Å²) in [5.41, 5.74) is 3.93. The van der Waals surface area contributed by atoms with Gasteiger partial charge in [0.05, 0.1) is 18.4 Å². The van der Waals surface area contributed by atoms with Crippen molar-refractivity contribution in [3.63, 3.8) is 0 Å². The van der Waals surface area contributed by atoms with E-state index in [2.05, 4.69) is 41.4 Å². The third-order valence-electron chi connectivity index (χ3n) is 4.68. The van der Waals surface area contributed by atoms with Gasteiger partial charge in [0.15, 0.2) is 0 Å². The standard InChI is InChI=1S/C21H20N2O2/c1-15-13-16-7-5-6-10-19(16)23(15)14-20-18(11-12-25-20)21(24)22-17-8-3-2-4-9-17/h2-12,15H,13-14H2,1H3,(H,22,24). The zero-order chi connectivity index (χ0) is 17.2. The summed E-state index contributed by atoms with van der Waals surface area (Å²) in [6, 6.07) is 20.0. The number of carbonyl (C=O) groups excluding carboxylic acids is 1. The minimum absolute atomic E-state index is 0.143. The lowest BCUT2D eigenvalue weighted by atomic mass is 10.1. The second-order valence-corrected chi connectivity index (χ2v) is 6.39. The molecule has 1 N–H and O–H groups in total. The summed E-state index contributed by atoms with van der Waals surface area (Å²) in [6.45, 7) is 2.79. The first kappa shape index (κ1) is 15.5. The molecule has 0 aliphatic carbocycles. The largest absolute Gasteiger partial charge is 0.467 e. The molecule has 25 heavy (non-hydrogen) atoms. The summed E-state index contributed by atoms with van der Waals surface area (Å²) in [7, 11) is 0. The fraction of sp³-hybridized carbons (Fsp3) is 0.190. The lowest BCUT2D eigenvalue weighted by molar-refractivity contribution is 0.102. The highest BCUT2D eigenvalue weighted by molar-refractivity contribution is 6.05. The number of amides is 1. The molecule has 1 aliphatic rings. The van der Waals surface area contributed by atoms with Crippen LogP contribution in [0.4, 0.5) is 11.4 Å². The van der Waals surface area contributed by atoms with Crippen LogP contribution in [-0.4, -0.2) is 11.9 Å². The van der Waals surface area contributed by atoms with Crippen LogP contribution in [0.15, 0.2) is 71.3 Å². The SMILES string of the molecule is CC1Cc2ccccc2N1Cc1occc1C(=O)Nc1ccccc1. The smallest absolute Gasteiger partial charge is 0.259 e. The summed E-state index contributed by atoms with van der Waals surface area (Å²) in [5, 5.41) is 2.92. The number of para-hydroxylation sites is 2. The molecular weight excluding hydrogens is 312 g/mol. The fourth-order valence-corrected chi connectivity index (χ4v) is 3.41. The van der Waals surface area contributed by atoms with E-state index >= 15 is 0 Å². The number of hydrogen-bond donors (Lipinski definition) is 1. The Hall–Kier alpha value is -3.01. The predicted molar refractivity (Wildman–Crippen MR) is 98.9 cm³/mol. The third-order valence-corrected chi connectivity index (χ3v) is 4.68. The van der Waals surface area contributed by atoms with Gasteiger partial charge >= 0.3 is 0 Å². The van der Waals surface area contributed by atoms with Crippen LogP contribution >= 0.6 is 0 Å². The zero-order valence-corrected chi connectivity index (χ0v) is 14.1. The van der Waals surface area contributed by atoms with Gasteiger partial charge in [-0.2, -0.15) is 0 Å². The highest BCUT2D eigenvalue weighted by Crippen LogP contribution is 2.33. The molecule has 2 aromatic carbocycles. The number of nitrogens with zero attached hydrogens (tertiary/aromatic N) is 1. The Labute approximate surface area is 147 Å². The van der Waals surface area contributed by atoms with Gasteiger partial charge in [-0.05, 0) is 43.2 Å². The molecule has 1 atom stereocenters. The number of furan rings is 1. The predicted octanol–water partition coefficient (Wildman–Crippen LogP) is 4.48. The Bertz CT molecular complexity index is 886. The van der Waals surface area contributed by atoms with Gasteiger partial charge in [-0.15, -0.1) is 0 Å². The molecule has 2 heterocycles. The molecule has 0 fully saturated rings. The number of anilines is 2. The summed E-state index contributed by atoms with van der Waals surface area (Å²) >= 11 is 0. The monoisotopic (exact) mass is 332 g/mol. The normalized spacial score (nSPS) is 15.9. The molecule has 1 aliphatic heterocycles. The Morgan fingerprint density at radius 3 is 2.72 bits per heavy atom. The zero-order valence-electron chi connectivity index (χ0n) is 14.1. The Kier molecular flexibility index (Phi) is 4.02. The van der Waals surface area contributed by atoms with Crippen molar-refractivity contribution in [2.75, 3.05) is 10.2 Å². The van der Waals surface area contributed by atoms with Crippen LogP contribution < -0.4 is 10.2 Å². The van der Waals surface area contributed by atoms with E-state index in [1.807, 2.05) is 30.3 Å². The van der Waals surface area contributed by atoms with Crippen molar-refractivity contribution >= 4 is 17.3 Å². The van der Waals surface area contributed by atoms with Gasteiger partial charge in [-0.1, -0.05) is 36.4 Å². The number of fused-ring (bicyclic) bond motifs is 1. The first-order chi connectivity index (χ1) is 12.2. The minimum Gasteiger partial charge on any atom is -0.467 e. The van der Waals surface area contributed by atoms with Crippen LogP contribution in [0.2, 0.25) is 0 Å². The minimum atomic E-state index is -0.143. The average molecular weight is 332 g/mol. The molecular formula is C21H20N2O2. The Morgan fingerprint density at radius 1 is 1.12 bits per heavy atom. The van der Waals surface area contributed by atoms with Gasteiger partial charge in [-0.3, -0.25) is 4.79 Å². The van der Waals surface area contributed by atoms with E-state index in [0.717, 1.165) is 12.1 Å². The molecule has 1 unspecified atom stereocenters. The van der Waals surface area contributed by atoms with Crippen molar-refractivity contribution in [1.82, 2.24) is 0 Å². The van der Waals surface area contributed by atoms with Crippen molar-refractivity contribution in [2.24, 2.45) is 0 Å². The van der Waals surface area contributed by atoms with Crippen molar-refractivity contribution in [3.05, 3.63) is 83.8 Å². The maximum atomic E-state index is 12.6. The van der Waals surface area contributed by atoms with Gasteiger partial charge in [0, 0.05) is 17.4 Å². The number of nitrogens with one attached hydrogen (secondary N) is 1. The van der Waals surface area contributed by atoms with E-state index in [1.165, 1.54) is 11.3 Å². The third kappa shape index (κ3) is 3.03. The molecule has 0 saturated heterocycles.